The largest absolute Gasteiger partial charge is 0.495 e. The summed E-state index contributed by atoms with van der Waals surface area (Å²) in [4.78, 5) is 12.8. The van der Waals surface area contributed by atoms with E-state index in [1.165, 1.54) is 23.0 Å². The molecule has 0 bridgehead atoms. The van der Waals surface area contributed by atoms with Crippen LogP contribution in [0.3, 0.4) is 0 Å². The molecule has 0 radical (unpaired) electrons. The highest BCUT2D eigenvalue weighted by molar-refractivity contribution is 7.89. The van der Waals surface area contributed by atoms with Crippen molar-refractivity contribution in [2.45, 2.75) is 43.5 Å². The van der Waals surface area contributed by atoms with Crippen molar-refractivity contribution in [2.75, 3.05) is 20.2 Å². The van der Waals surface area contributed by atoms with Gasteiger partial charge in [-0.25, -0.2) is 8.42 Å². The highest BCUT2D eigenvalue weighted by atomic mass is 32.2. The molecule has 1 amide bonds. The first-order valence-corrected chi connectivity index (χ1v) is 11.4. The molecule has 1 fully saturated rings. The molecule has 2 aromatic carbocycles. The topological polar surface area (TPSA) is 75.7 Å². The number of sulfonamides is 1. The zero-order valence-corrected chi connectivity index (χ0v) is 17.7. The van der Waals surface area contributed by atoms with Gasteiger partial charge in [-0.15, -0.1) is 0 Å². The SMILES string of the molecule is COc1ccc(C(=O)N[C@H](C)CCc2ccccc2)cc1S(=O)(=O)N1CCCC1. The molecule has 1 N–H and O–H groups in total. The lowest BCUT2D eigenvalue weighted by Gasteiger charge is -2.19. The number of nitrogens with zero attached hydrogens (tertiary/aromatic N) is 1. The summed E-state index contributed by atoms with van der Waals surface area (Å²) in [6, 6.07) is 14.6. The van der Waals surface area contributed by atoms with Crippen LogP contribution in [0.2, 0.25) is 0 Å². The summed E-state index contributed by atoms with van der Waals surface area (Å²) in [6.45, 7) is 2.95. The van der Waals surface area contributed by atoms with Crippen LogP contribution in [0.5, 0.6) is 5.75 Å². The Morgan fingerprint density at radius 3 is 2.48 bits per heavy atom. The Morgan fingerprint density at radius 2 is 1.83 bits per heavy atom. The number of amides is 1. The predicted octanol–water partition coefficient (Wildman–Crippen LogP) is 3.23. The first-order chi connectivity index (χ1) is 13.9. The van der Waals surface area contributed by atoms with Gasteiger partial charge in [-0.1, -0.05) is 30.3 Å². The van der Waals surface area contributed by atoms with Crippen molar-refractivity contribution in [1.29, 1.82) is 0 Å². The summed E-state index contributed by atoms with van der Waals surface area (Å²) in [5.74, 6) is -0.0309. The summed E-state index contributed by atoms with van der Waals surface area (Å²) in [5.41, 5.74) is 1.53. The minimum absolute atomic E-state index is 0.0385. The summed E-state index contributed by atoms with van der Waals surface area (Å²) in [6.07, 6.45) is 3.35. The van der Waals surface area contributed by atoms with E-state index >= 15 is 0 Å². The summed E-state index contributed by atoms with van der Waals surface area (Å²) < 4.78 is 32.7. The van der Waals surface area contributed by atoms with Gasteiger partial charge in [-0.3, -0.25) is 4.79 Å². The number of aryl methyl sites for hydroxylation is 1. The second-order valence-corrected chi connectivity index (χ2v) is 9.28. The van der Waals surface area contributed by atoms with E-state index in [2.05, 4.69) is 17.4 Å². The minimum atomic E-state index is -3.68. The molecule has 0 saturated carbocycles. The number of hydrogen-bond donors (Lipinski definition) is 1. The highest BCUT2D eigenvalue weighted by Gasteiger charge is 2.30. The maximum Gasteiger partial charge on any atom is 0.251 e. The van der Waals surface area contributed by atoms with Crippen LogP contribution in [0.4, 0.5) is 0 Å². The molecule has 0 unspecified atom stereocenters. The molecular weight excluding hydrogens is 388 g/mol. The van der Waals surface area contributed by atoms with Crippen LogP contribution in [0.1, 0.15) is 42.1 Å². The second kappa shape index (κ2) is 9.41. The smallest absolute Gasteiger partial charge is 0.251 e. The molecule has 1 heterocycles. The van der Waals surface area contributed by atoms with Crippen LogP contribution in [-0.2, 0) is 16.4 Å². The Labute approximate surface area is 172 Å². The molecule has 1 saturated heterocycles. The van der Waals surface area contributed by atoms with Crippen LogP contribution in [-0.4, -0.2) is 44.9 Å². The van der Waals surface area contributed by atoms with E-state index in [0.29, 0.717) is 18.7 Å². The lowest BCUT2D eigenvalue weighted by atomic mass is 10.1. The molecule has 0 aromatic heterocycles. The van der Waals surface area contributed by atoms with E-state index in [1.807, 2.05) is 25.1 Å². The van der Waals surface area contributed by atoms with Gasteiger partial charge in [-0.2, -0.15) is 4.31 Å². The molecule has 3 rings (SSSR count). The van der Waals surface area contributed by atoms with Crippen molar-refractivity contribution in [3.63, 3.8) is 0 Å². The fourth-order valence-corrected chi connectivity index (χ4v) is 5.19. The summed E-state index contributed by atoms with van der Waals surface area (Å²) in [5, 5.41) is 2.96. The molecule has 1 aliphatic rings. The Balaban J connectivity index is 1.72. The van der Waals surface area contributed by atoms with E-state index < -0.39 is 10.0 Å². The summed E-state index contributed by atoms with van der Waals surface area (Å²) in [7, 11) is -2.25. The van der Waals surface area contributed by atoms with Gasteiger partial charge in [0.05, 0.1) is 7.11 Å². The van der Waals surface area contributed by atoms with Crippen LogP contribution >= 0.6 is 0 Å². The maximum atomic E-state index is 13.0. The molecule has 6 nitrogen and oxygen atoms in total. The Bertz CT molecular complexity index is 939. The van der Waals surface area contributed by atoms with Gasteiger partial charge in [-0.05, 0) is 56.4 Å². The lowest BCUT2D eigenvalue weighted by molar-refractivity contribution is 0.0938. The second-order valence-electron chi connectivity index (χ2n) is 7.38. The zero-order chi connectivity index (χ0) is 20.9. The number of carbonyl (C=O) groups is 1. The third-order valence-corrected chi connectivity index (χ3v) is 7.11. The average Bonchev–Trinajstić information content (AvgIpc) is 3.28. The van der Waals surface area contributed by atoms with Gasteiger partial charge < -0.3 is 10.1 Å². The Kier molecular flexibility index (Phi) is 6.92. The molecule has 0 spiro atoms. The van der Waals surface area contributed by atoms with Crippen LogP contribution in [0.15, 0.2) is 53.4 Å². The third-order valence-electron chi connectivity index (χ3n) is 5.20. The average molecular weight is 417 g/mol. The van der Waals surface area contributed by atoms with Gasteiger partial charge in [0.25, 0.3) is 5.91 Å². The third kappa shape index (κ3) is 5.16. The quantitative estimate of drug-likeness (QED) is 0.717. The van der Waals surface area contributed by atoms with E-state index in [0.717, 1.165) is 25.7 Å². The maximum absolute atomic E-state index is 13.0. The van der Waals surface area contributed by atoms with E-state index in [-0.39, 0.29) is 22.6 Å². The van der Waals surface area contributed by atoms with Crippen molar-refractivity contribution in [1.82, 2.24) is 9.62 Å². The van der Waals surface area contributed by atoms with E-state index in [9.17, 15) is 13.2 Å². The van der Waals surface area contributed by atoms with Gasteiger partial charge in [0.2, 0.25) is 10.0 Å². The number of methoxy groups -OCH3 is 1. The Hall–Kier alpha value is -2.38. The van der Waals surface area contributed by atoms with Crippen molar-refractivity contribution in [3.8, 4) is 5.75 Å². The monoisotopic (exact) mass is 416 g/mol. The van der Waals surface area contributed by atoms with Crippen LogP contribution in [0.25, 0.3) is 0 Å². The molecule has 1 aliphatic heterocycles. The number of rotatable bonds is 8. The number of carbonyl (C=O) groups excluding carboxylic acids is 1. The number of ether oxygens (including phenoxy) is 1. The van der Waals surface area contributed by atoms with Gasteiger partial charge in [0.15, 0.2) is 0 Å². The highest BCUT2D eigenvalue weighted by Crippen LogP contribution is 2.29. The fourth-order valence-electron chi connectivity index (χ4n) is 3.49. The van der Waals surface area contributed by atoms with Crippen LogP contribution < -0.4 is 10.1 Å². The van der Waals surface area contributed by atoms with Crippen molar-refractivity contribution >= 4 is 15.9 Å². The van der Waals surface area contributed by atoms with E-state index in [1.54, 1.807) is 12.1 Å². The Morgan fingerprint density at radius 1 is 1.14 bits per heavy atom. The summed E-state index contributed by atoms with van der Waals surface area (Å²) >= 11 is 0. The van der Waals surface area contributed by atoms with Gasteiger partial charge >= 0.3 is 0 Å². The van der Waals surface area contributed by atoms with Gasteiger partial charge in [0.1, 0.15) is 10.6 Å². The molecule has 2 aromatic rings. The molecule has 7 heteroatoms. The first-order valence-electron chi connectivity index (χ1n) is 9.95. The molecule has 0 aliphatic carbocycles. The van der Waals surface area contributed by atoms with Gasteiger partial charge in [0, 0.05) is 24.7 Å². The molecule has 156 valence electrons. The fraction of sp³-hybridized carbons (Fsp3) is 0.409. The first kappa shape index (κ1) is 21.3. The molecule has 29 heavy (non-hydrogen) atoms. The van der Waals surface area contributed by atoms with Crippen molar-refractivity contribution < 1.29 is 17.9 Å². The van der Waals surface area contributed by atoms with Crippen molar-refractivity contribution in [2.24, 2.45) is 0 Å². The molecule has 1 atom stereocenters. The van der Waals surface area contributed by atoms with Crippen LogP contribution in [0, 0.1) is 0 Å². The number of benzene rings is 2. The standard InChI is InChI=1S/C22H28N2O4S/c1-17(10-11-18-8-4-3-5-9-18)23-22(25)19-12-13-20(28-2)21(16-19)29(26,27)24-14-6-7-15-24/h3-5,8-9,12-13,16-17H,6-7,10-11,14-15H2,1-2H3,(H,23,25)/t17-/m1/s1. The zero-order valence-electron chi connectivity index (χ0n) is 16.9. The van der Waals surface area contributed by atoms with Crippen molar-refractivity contribution in [3.05, 3.63) is 59.7 Å². The normalized spacial score (nSPS) is 15.8. The molecular formula is C22H28N2O4S. The number of hydrogen-bond acceptors (Lipinski definition) is 4. The minimum Gasteiger partial charge on any atom is -0.495 e. The predicted molar refractivity (Wildman–Crippen MR) is 113 cm³/mol. The lowest BCUT2D eigenvalue weighted by Crippen LogP contribution is -2.33. The number of nitrogens with one attached hydrogen (secondary N) is 1. The van der Waals surface area contributed by atoms with E-state index in [4.69, 9.17) is 4.74 Å².